The van der Waals surface area contributed by atoms with Gasteiger partial charge in [-0.3, -0.25) is 0 Å². The summed E-state index contributed by atoms with van der Waals surface area (Å²) < 4.78 is 25.9. The van der Waals surface area contributed by atoms with Crippen molar-refractivity contribution in [1.29, 1.82) is 0 Å². The second kappa shape index (κ2) is 9.82. The molecule has 0 radical (unpaired) electrons. The van der Waals surface area contributed by atoms with Gasteiger partial charge in [-0.05, 0) is 18.2 Å². The molecule has 13 nitrogen and oxygen atoms in total. The third-order valence-electron chi connectivity index (χ3n) is 5.30. The van der Waals surface area contributed by atoms with E-state index < -0.39 is 67.9 Å². The van der Waals surface area contributed by atoms with Crippen molar-refractivity contribution >= 4 is 5.97 Å². The minimum Gasteiger partial charge on any atom is -0.507 e. The van der Waals surface area contributed by atoms with Crippen LogP contribution in [0.5, 0.6) is 11.5 Å². The second-order valence-corrected chi connectivity index (χ2v) is 7.52. The molecule has 32 heavy (non-hydrogen) atoms. The number of aliphatic hydroxyl groups is 6. The van der Waals surface area contributed by atoms with Crippen LogP contribution in [0.25, 0.3) is 0 Å². The third-order valence-corrected chi connectivity index (χ3v) is 5.30. The minimum atomic E-state index is -1.91. The molecule has 0 saturated carbocycles. The van der Waals surface area contributed by atoms with Crippen molar-refractivity contribution in [3.8, 4) is 11.5 Å². The van der Waals surface area contributed by atoms with E-state index in [0.717, 1.165) is 19.2 Å². The van der Waals surface area contributed by atoms with E-state index in [0.29, 0.717) is 0 Å². The summed E-state index contributed by atoms with van der Waals surface area (Å²) in [6, 6.07) is 3.57. The van der Waals surface area contributed by atoms with Crippen molar-refractivity contribution in [2.45, 2.75) is 48.7 Å². The summed E-state index contributed by atoms with van der Waals surface area (Å²) in [5.41, 5.74) is -2.12. The highest BCUT2D eigenvalue weighted by atomic mass is 16.7. The lowest BCUT2D eigenvalue weighted by atomic mass is 9.99. The van der Waals surface area contributed by atoms with Crippen LogP contribution < -0.4 is 4.74 Å². The van der Waals surface area contributed by atoms with Crippen LogP contribution in [0.15, 0.2) is 18.2 Å². The Labute approximate surface area is 181 Å². The van der Waals surface area contributed by atoms with Crippen LogP contribution in [-0.2, 0) is 18.9 Å². The molecule has 2 fully saturated rings. The van der Waals surface area contributed by atoms with Crippen molar-refractivity contribution in [3.05, 3.63) is 23.8 Å². The van der Waals surface area contributed by atoms with E-state index in [2.05, 4.69) is 4.74 Å². The Morgan fingerprint density at radius 1 is 1.16 bits per heavy atom. The van der Waals surface area contributed by atoms with Crippen molar-refractivity contribution < 1.29 is 64.2 Å². The predicted molar refractivity (Wildman–Crippen MR) is 100 cm³/mol. The summed E-state index contributed by atoms with van der Waals surface area (Å²) in [4.78, 5) is 11.7. The first-order chi connectivity index (χ1) is 15.1. The molecule has 2 saturated heterocycles. The summed E-state index contributed by atoms with van der Waals surface area (Å²) in [6.45, 7) is -1.60. The summed E-state index contributed by atoms with van der Waals surface area (Å²) in [5.74, 6) is -1.22. The standard InChI is InChI=1S/C19H26O13/c1-28-16(26)9-4-8(2-3-10(9)21)31-17-14(24)13(23)12(22)11(32-17)5-29-18-15(25)19(27,6-20)7-30-18/h2-4,11-15,17-18,20-25,27H,5-7H2,1H3. The Kier molecular flexibility index (Phi) is 7.54. The van der Waals surface area contributed by atoms with Gasteiger partial charge in [0.15, 0.2) is 6.29 Å². The number of ether oxygens (including phenoxy) is 5. The van der Waals surface area contributed by atoms with Crippen molar-refractivity contribution in [1.82, 2.24) is 0 Å². The number of esters is 1. The zero-order chi connectivity index (χ0) is 23.6. The molecular weight excluding hydrogens is 436 g/mol. The minimum absolute atomic E-state index is 0.0157. The quantitative estimate of drug-likeness (QED) is 0.200. The van der Waals surface area contributed by atoms with E-state index in [1.807, 2.05) is 0 Å². The fourth-order valence-corrected chi connectivity index (χ4v) is 3.27. The molecule has 2 aliphatic rings. The fraction of sp³-hybridized carbons (Fsp3) is 0.632. The largest absolute Gasteiger partial charge is 0.507 e. The third kappa shape index (κ3) is 4.80. The van der Waals surface area contributed by atoms with E-state index >= 15 is 0 Å². The Morgan fingerprint density at radius 3 is 2.50 bits per heavy atom. The molecule has 3 rings (SSSR count). The molecule has 8 atom stereocenters. The van der Waals surface area contributed by atoms with E-state index in [4.69, 9.17) is 24.1 Å². The molecule has 8 unspecified atom stereocenters. The highest BCUT2D eigenvalue weighted by Gasteiger charge is 2.50. The highest BCUT2D eigenvalue weighted by Crippen LogP contribution is 2.30. The van der Waals surface area contributed by atoms with Crippen LogP contribution in [0.1, 0.15) is 10.4 Å². The number of rotatable bonds is 7. The van der Waals surface area contributed by atoms with Gasteiger partial charge in [0.05, 0.1) is 26.9 Å². The molecule has 180 valence electrons. The predicted octanol–water partition coefficient (Wildman–Crippen LogP) is -3.18. The van der Waals surface area contributed by atoms with Crippen LogP contribution in [0, 0.1) is 0 Å². The number of carbonyl (C=O) groups is 1. The zero-order valence-corrected chi connectivity index (χ0v) is 17.0. The summed E-state index contributed by atoms with van der Waals surface area (Å²) in [6.07, 6.45) is -10.7. The molecular formula is C19H26O13. The second-order valence-electron chi connectivity index (χ2n) is 7.52. The molecule has 0 bridgehead atoms. The van der Waals surface area contributed by atoms with Gasteiger partial charge >= 0.3 is 5.97 Å². The molecule has 2 heterocycles. The Hall–Kier alpha value is -2.07. The molecule has 2 aliphatic heterocycles. The first-order valence-electron chi connectivity index (χ1n) is 9.63. The zero-order valence-electron chi connectivity index (χ0n) is 17.0. The van der Waals surface area contributed by atoms with Gasteiger partial charge in [0.25, 0.3) is 0 Å². The average Bonchev–Trinajstić information content (AvgIpc) is 3.08. The Morgan fingerprint density at radius 2 is 1.88 bits per heavy atom. The van der Waals surface area contributed by atoms with Gasteiger partial charge in [0.1, 0.15) is 53.2 Å². The first-order valence-corrected chi connectivity index (χ1v) is 9.63. The van der Waals surface area contributed by atoms with Crippen LogP contribution in [0.2, 0.25) is 0 Å². The Balaban J connectivity index is 1.67. The molecule has 1 aromatic carbocycles. The number of hydrogen-bond acceptors (Lipinski definition) is 13. The number of aliphatic hydroxyl groups excluding tert-OH is 5. The van der Waals surface area contributed by atoms with Gasteiger partial charge in [-0.25, -0.2) is 4.79 Å². The van der Waals surface area contributed by atoms with Gasteiger partial charge in [0, 0.05) is 0 Å². The number of phenolic OH excluding ortho intramolecular Hbond substituents is 1. The number of aromatic hydroxyl groups is 1. The molecule has 0 spiro atoms. The van der Waals surface area contributed by atoms with E-state index in [-0.39, 0.29) is 23.7 Å². The first kappa shape index (κ1) is 24.6. The van der Waals surface area contributed by atoms with Gasteiger partial charge in [-0.1, -0.05) is 0 Å². The number of benzene rings is 1. The lowest BCUT2D eigenvalue weighted by Crippen LogP contribution is -2.60. The van der Waals surface area contributed by atoms with Crippen LogP contribution >= 0.6 is 0 Å². The van der Waals surface area contributed by atoms with E-state index in [1.54, 1.807) is 0 Å². The SMILES string of the molecule is COC(=O)c1cc(OC2OC(COC3OCC(O)(CO)C3O)C(O)C(O)C2O)ccc1O. The maximum atomic E-state index is 11.7. The molecule has 1 aromatic rings. The molecule has 0 aromatic heterocycles. The van der Waals surface area contributed by atoms with Crippen LogP contribution in [-0.4, -0.2) is 117 Å². The van der Waals surface area contributed by atoms with E-state index in [1.165, 1.54) is 6.07 Å². The molecule has 0 aliphatic carbocycles. The maximum absolute atomic E-state index is 11.7. The number of methoxy groups -OCH3 is 1. The molecule has 13 heteroatoms. The average molecular weight is 462 g/mol. The van der Waals surface area contributed by atoms with Gasteiger partial charge < -0.3 is 59.4 Å². The highest BCUT2D eigenvalue weighted by molar-refractivity contribution is 5.92. The van der Waals surface area contributed by atoms with Crippen LogP contribution in [0.3, 0.4) is 0 Å². The lowest BCUT2D eigenvalue weighted by Gasteiger charge is -2.40. The van der Waals surface area contributed by atoms with Crippen molar-refractivity contribution in [2.24, 2.45) is 0 Å². The van der Waals surface area contributed by atoms with Gasteiger partial charge in [-0.15, -0.1) is 0 Å². The smallest absolute Gasteiger partial charge is 0.341 e. The molecule has 0 amide bonds. The normalized spacial score (nSPS) is 37.3. The van der Waals surface area contributed by atoms with Crippen LogP contribution in [0.4, 0.5) is 0 Å². The summed E-state index contributed by atoms with van der Waals surface area (Å²) >= 11 is 0. The fourth-order valence-electron chi connectivity index (χ4n) is 3.27. The topological polar surface area (TPSA) is 205 Å². The van der Waals surface area contributed by atoms with Gasteiger partial charge in [0.2, 0.25) is 6.29 Å². The van der Waals surface area contributed by atoms with Gasteiger partial charge in [-0.2, -0.15) is 0 Å². The monoisotopic (exact) mass is 462 g/mol. The van der Waals surface area contributed by atoms with Crippen molar-refractivity contribution in [3.63, 3.8) is 0 Å². The number of phenols is 1. The van der Waals surface area contributed by atoms with E-state index in [9.17, 15) is 35.4 Å². The summed E-state index contributed by atoms with van der Waals surface area (Å²) in [7, 11) is 1.12. The summed E-state index contributed by atoms with van der Waals surface area (Å²) in [5, 5.41) is 69.5. The lowest BCUT2D eigenvalue weighted by molar-refractivity contribution is -0.289. The van der Waals surface area contributed by atoms with Crippen molar-refractivity contribution in [2.75, 3.05) is 26.9 Å². The molecule has 7 N–H and O–H groups in total. The number of carbonyl (C=O) groups excluding carboxylic acids is 1. The number of hydrogen-bond donors (Lipinski definition) is 7. The maximum Gasteiger partial charge on any atom is 0.341 e. The Bertz CT molecular complexity index is 803.